The zero-order valence-corrected chi connectivity index (χ0v) is 14.0. The third kappa shape index (κ3) is 3.40. The topological polar surface area (TPSA) is 12.0 Å². The maximum Gasteiger partial charge on any atom is 0.0542 e. The molecule has 0 spiro atoms. The lowest BCUT2D eigenvalue weighted by molar-refractivity contribution is 0.230. The van der Waals surface area contributed by atoms with Gasteiger partial charge in [-0.2, -0.15) is 0 Å². The lowest BCUT2D eigenvalue weighted by Crippen LogP contribution is -2.29. The van der Waals surface area contributed by atoms with Crippen molar-refractivity contribution in [1.82, 2.24) is 5.32 Å². The Balaban J connectivity index is 2.18. The van der Waals surface area contributed by atoms with Gasteiger partial charge in [-0.1, -0.05) is 37.4 Å². The predicted molar refractivity (Wildman–Crippen MR) is 87.1 cm³/mol. The maximum absolute atomic E-state index is 6.25. The molecular formula is C15H21ClIN. The predicted octanol–water partition coefficient (Wildman–Crippen LogP) is 5.03. The highest BCUT2D eigenvalue weighted by molar-refractivity contribution is 14.1. The molecule has 0 aliphatic heterocycles. The van der Waals surface area contributed by atoms with Crippen LogP contribution < -0.4 is 5.32 Å². The summed E-state index contributed by atoms with van der Waals surface area (Å²) in [6.07, 6.45) is 5.41. The van der Waals surface area contributed by atoms with Gasteiger partial charge in [0.1, 0.15) is 0 Å². The molecular weight excluding hydrogens is 357 g/mol. The van der Waals surface area contributed by atoms with E-state index in [2.05, 4.69) is 60.1 Å². The van der Waals surface area contributed by atoms with E-state index in [0.29, 0.717) is 6.04 Å². The van der Waals surface area contributed by atoms with E-state index in [1.165, 1.54) is 31.2 Å². The number of hydrogen-bond acceptors (Lipinski definition) is 1. The molecule has 1 aliphatic rings. The van der Waals surface area contributed by atoms with E-state index < -0.39 is 0 Å². The summed E-state index contributed by atoms with van der Waals surface area (Å²) in [5, 5.41) is 4.37. The molecule has 3 unspecified atom stereocenters. The number of benzene rings is 1. The van der Waals surface area contributed by atoms with Crippen molar-refractivity contribution in [2.24, 2.45) is 11.8 Å². The van der Waals surface area contributed by atoms with Crippen molar-refractivity contribution in [3.8, 4) is 0 Å². The number of rotatable bonds is 3. The molecule has 3 atom stereocenters. The third-order valence-electron chi connectivity index (χ3n) is 4.06. The van der Waals surface area contributed by atoms with Crippen LogP contribution in [0.25, 0.3) is 0 Å². The van der Waals surface area contributed by atoms with Crippen LogP contribution in [0.3, 0.4) is 0 Å². The van der Waals surface area contributed by atoms with Gasteiger partial charge >= 0.3 is 0 Å². The Morgan fingerprint density at radius 3 is 2.78 bits per heavy atom. The molecule has 3 heteroatoms. The second-order valence-corrected chi connectivity index (χ2v) is 7.04. The fourth-order valence-corrected chi connectivity index (χ4v) is 3.69. The molecule has 0 heterocycles. The summed E-state index contributed by atoms with van der Waals surface area (Å²) in [4.78, 5) is 0. The van der Waals surface area contributed by atoms with E-state index in [-0.39, 0.29) is 0 Å². The minimum Gasteiger partial charge on any atom is -0.313 e. The molecule has 0 aromatic heterocycles. The van der Waals surface area contributed by atoms with Crippen molar-refractivity contribution < 1.29 is 0 Å². The minimum atomic E-state index is 0.447. The van der Waals surface area contributed by atoms with Gasteiger partial charge in [0.25, 0.3) is 0 Å². The van der Waals surface area contributed by atoms with Crippen molar-refractivity contribution in [2.75, 3.05) is 7.05 Å². The highest BCUT2D eigenvalue weighted by Gasteiger charge is 2.27. The minimum absolute atomic E-state index is 0.447. The van der Waals surface area contributed by atoms with Gasteiger partial charge in [0.2, 0.25) is 0 Å². The first-order valence-corrected chi connectivity index (χ1v) is 8.19. The number of hydrogen-bond donors (Lipinski definition) is 1. The molecule has 1 N–H and O–H groups in total. The molecule has 100 valence electrons. The van der Waals surface area contributed by atoms with Gasteiger partial charge in [-0.25, -0.2) is 0 Å². The van der Waals surface area contributed by atoms with Crippen LogP contribution in [0.5, 0.6) is 0 Å². The van der Waals surface area contributed by atoms with E-state index in [1.807, 2.05) is 0 Å². The molecule has 0 bridgehead atoms. The third-order valence-corrected chi connectivity index (χ3v) is 5.63. The van der Waals surface area contributed by atoms with Gasteiger partial charge in [0.05, 0.1) is 5.02 Å². The average Bonchev–Trinajstić information content (AvgIpc) is 2.35. The highest BCUT2D eigenvalue weighted by atomic mass is 127. The average molecular weight is 378 g/mol. The summed E-state index contributed by atoms with van der Waals surface area (Å²) in [5.41, 5.74) is 1.34. The van der Waals surface area contributed by atoms with Crippen molar-refractivity contribution in [1.29, 1.82) is 0 Å². The monoisotopic (exact) mass is 377 g/mol. The summed E-state index contributed by atoms with van der Waals surface area (Å²) < 4.78 is 1.13. The summed E-state index contributed by atoms with van der Waals surface area (Å²) in [7, 11) is 2.07. The molecule has 0 amide bonds. The molecule has 2 rings (SSSR count). The Morgan fingerprint density at radius 1 is 1.39 bits per heavy atom. The largest absolute Gasteiger partial charge is 0.313 e. The Bertz CT molecular complexity index is 407. The molecule has 1 nitrogen and oxygen atoms in total. The molecule has 1 aliphatic carbocycles. The van der Waals surface area contributed by atoms with Crippen molar-refractivity contribution in [3.05, 3.63) is 32.4 Å². The van der Waals surface area contributed by atoms with E-state index in [0.717, 1.165) is 20.4 Å². The van der Waals surface area contributed by atoms with Crippen LogP contribution in [0.15, 0.2) is 18.2 Å². The Morgan fingerprint density at radius 2 is 2.17 bits per heavy atom. The zero-order chi connectivity index (χ0) is 13.1. The summed E-state index contributed by atoms with van der Waals surface area (Å²) in [5.74, 6) is 1.61. The Labute approximate surface area is 129 Å². The Kier molecular flexibility index (Phi) is 5.34. The molecule has 18 heavy (non-hydrogen) atoms. The first-order valence-electron chi connectivity index (χ1n) is 6.74. The lowest BCUT2D eigenvalue weighted by atomic mass is 9.77. The fourth-order valence-electron chi connectivity index (χ4n) is 3.16. The van der Waals surface area contributed by atoms with Gasteiger partial charge in [-0.3, -0.25) is 0 Å². The second kappa shape index (κ2) is 6.58. The normalized spacial score (nSPS) is 26.0. The fraction of sp³-hybridized carbons (Fsp3) is 0.600. The van der Waals surface area contributed by atoms with Crippen LogP contribution in [0.4, 0.5) is 0 Å². The highest BCUT2D eigenvalue weighted by Crippen LogP contribution is 2.37. The number of halogens is 2. The summed E-state index contributed by atoms with van der Waals surface area (Å²) >= 11 is 8.53. The van der Waals surface area contributed by atoms with Crippen LogP contribution in [0, 0.1) is 15.4 Å². The SMILES string of the molecule is CNC(c1ccc(I)c(Cl)c1)C1CCCC(C)C1. The second-order valence-electron chi connectivity index (χ2n) is 5.47. The van der Waals surface area contributed by atoms with Gasteiger partial charge in [0, 0.05) is 9.61 Å². The van der Waals surface area contributed by atoms with E-state index in [4.69, 9.17) is 11.6 Å². The van der Waals surface area contributed by atoms with E-state index in [1.54, 1.807) is 0 Å². The van der Waals surface area contributed by atoms with Gasteiger partial charge in [0.15, 0.2) is 0 Å². The Hall–Kier alpha value is 0.200. The zero-order valence-electron chi connectivity index (χ0n) is 11.0. The van der Waals surface area contributed by atoms with Crippen LogP contribution >= 0.6 is 34.2 Å². The molecule has 1 aromatic rings. The van der Waals surface area contributed by atoms with E-state index in [9.17, 15) is 0 Å². The molecule has 1 fully saturated rings. The van der Waals surface area contributed by atoms with Gasteiger partial charge < -0.3 is 5.32 Å². The van der Waals surface area contributed by atoms with Crippen LogP contribution in [-0.2, 0) is 0 Å². The summed E-state index contributed by atoms with van der Waals surface area (Å²) in [6.45, 7) is 2.37. The standard InChI is InChI=1S/C15H21ClIN/c1-10-4-3-5-11(8-10)15(18-2)12-6-7-14(17)13(16)9-12/h6-7,9-11,15,18H,3-5,8H2,1-2H3. The van der Waals surface area contributed by atoms with Crippen molar-refractivity contribution in [3.63, 3.8) is 0 Å². The van der Waals surface area contributed by atoms with Crippen LogP contribution in [0.2, 0.25) is 5.02 Å². The summed E-state index contributed by atoms with van der Waals surface area (Å²) in [6, 6.07) is 6.91. The van der Waals surface area contributed by atoms with Crippen LogP contribution in [0.1, 0.15) is 44.2 Å². The maximum atomic E-state index is 6.25. The molecule has 0 radical (unpaired) electrons. The molecule has 0 saturated heterocycles. The number of nitrogens with one attached hydrogen (secondary N) is 1. The molecule has 1 saturated carbocycles. The van der Waals surface area contributed by atoms with Gasteiger partial charge in [-0.05, 0) is 72.0 Å². The quantitative estimate of drug-likeness (QED) is 0.728. The smallest absolute Gasteiger partial charge is 0.0542 e. The van der Waals surface area contributed by atoms with Crippen molar-refractivity contribution in [2.45, 2.75) is 38.6 Å². The molecule has 1 aromatic carbocycles. The van der Waals surface area contributed by atoms with E-state index >= 15 is 0 Å². The van der Waals surface area contributed by atoms with Crippen LogP contribution in [-0.4, -0.2) is 7.05 Å². The first-order chi connectivity index (χ1) is 8.61. The lowest BCUT2D eigenvalue weighted by Gasteiger charge is -2.33. The van der Waals surface area contributed by atoms with Gasteiger partial charge in [-0.15, -0.1) is 0 Å². The van der Waals surface area contributed by atoms with Crippen molar-refractivity contribution >= 4 is 34.2 Å². The first kappa shape index (κ1) is 14.6.